The Morgan fingerprint density at radius 3 is 2.44 bits per heavy atom. The molecule has 2 aromatic carbocycles. The second-order valence-electron chi connectivity index (χ2n) is 5.84. The highest BCUT2D eigenvalue weighted by molar-refractivity contribution is 6.32. The maximum Gasteiger partial charge on any atom is 0.339 e. The van der Waals surface area contributed by atoms with Gasteiger partial charge in [-0.1, -0.05) is 23.7 Å². The van der Waals surface area contributed by atoms with Crippen LogP contribution in [-0.4, -0.2) is 22.1 Å². The molecule has 0 unspecified atom stereocenters. The Labute approximate surface area is 161 Å². The molecule has 6 nitrogen and oxygen atoms in total. The van der Waals surface area contributed by atoms with E-state index in [-0.39, 0.29) is 12.3 Å². The van der Waals surface area contributed by atoms with Crippen LogP contribution in [0.1, 0.15) is 23.0 Å². The number of ether oxygens (including phenoxy) is 1. The van der Waals surface area contributed by atoms with E-state index in [4.69, 9.17) is 16.3 Å². The molecule has 1 aromatic heterocycles. The third-order valence-corrected chi connectivity index (χ3v) is 4.53. The number of esters is 1. The van der Waals surface area contributed by atoms with Crippen molar-refractivity contribution in [2.75, 3.05) is 6.61 Å². The van der Waals surface area contributed by atoms with Crippen molar-refractivity contribution >= 4 is 23.3 Å². The van der Waals surface area contributed by atoms with Crippen molar-refractivity contribution in [2.24, 2.45) is 0 Å². The fourth-order valence-corrected chi connectivity index (χ4v) is 3.15. The molecule has 0 spiro atoms. The molecule has 0 saturated carbocycles. The van der Waals surface area contributed by atoms with Gasteiger partial charge in [0.25, 0.3) is 5.69 Å². The summed E-state index contributed by atoms with van der Waals surface area (Å²) in [5, 5.41) is 11.4. The van der Waals surface area contributed by atoms with E-state index in [0.717, 1.165) is 5.56 Å². The number of non-ortho nitro benzene ring substituents is 1. The number of hydrogen-bond donors (Lipinski definition) is 0. The second-order valence-corrected chi connectivity index (χ2v) is 6.25. The maximum absolute atomic E-state index is 12.4. The molecule has 0 saturated heterocycles. The Morgan fingerprint density at radius 2 is 1.85 bits per heavy atom. The molecule has 3 aromatic rings. The summed E-state index contributed by atoms with van der Waals surface area (Å²) < 4.78 is 7.01. The topological polar surface area (TPSA) is 74.4 Å². The number of carbonyl (C=O) groups is 1. The van der Waals surface area contributed by atoms with Gasteiger partial charge in [0.2, 0.25) is 0 Å². The van der Waals surface area contributed by atoms with Gasteiger partial charge in [0.15, 0.2) is 0 Å². The van der Waals surface area contributed by atoms with Crippen LogP contribution in [0.25, 0.3) is 16.9 Å². The van der Waals surface area contributed by atoms with Crippen LogP contribution in [0.3, 0.4) is 0 Å². The quantitative estimate of drug-likeness (QED) is 0.344. The summed E-state index contributed by atoms with van der Waals surface area (Å²) in [6.45, 7) is 3.82. The number of hydrogen-bond acceptors (Lipinski definition) is 4. The van der Waals surface area contributed by atoms with Crippen molar-refractivity contribution in [1.82, 2.24) is 4.57 Å². The first kappa shape index (κ1) is 18.7. The maximum atomic E-state index is 12.4. The number of halogens is 1. The predicted octanol–water partition coefficient (Wildman–Crippen LogP) is 5.19. The van der Waals surface area contributed by atoms with Crippen molar-refractivity contribution in [3.8, 4) is 16.9 Å². The average molecular weight is 385 g/mol. The zero-order chi connectivity index (χ0) is 19.6. The molecule has 7 heteroatoms. The van der Waals surface area contributed by atoms with Crippen molar-refractivity contribution in [3.05, 3.63) is 81.0 Å². The lowest BCUT2D eigenvalue weighted by atomic mass is 10.1. The summed E-state index contributed by atoms with van der Waals surface area (Å²) in [4.78, 5) is 22.8. The SMILES string of the molecule is CCOC(=O)c1cc(-c2ccc([N+](=O)[O-])cc2)n(-c2ccccc2Cl)c1C. The number of rotatable bonds is 5. The Bertz CT molecular complexity index is 1010. The number of carbonyl (C=O) groups excluding carboxylic acids is 1. The number of nitro benzene ring substituents is 1. The van der Waals surface area contributed by atoms with Gasteiger partial charge in [-0.25, -0.2) is 4.79 Å². The summed E-state index contributed by atoms with van der Waals surface area (Å²) >= 11 is 6.38. The normalized spacial score (nSPS) is 10.6. The Balaban J connectivity index is 2.22. The first-order valence-electron chi connectivity index (χ1n) is 8.33. The van der Waals surface area contributed by atoms with Crippen LogP contribution >= 0.6 is 11.6 Å². The lowest BCUT2D eigenvalue weighted by molar-refractivity contribution is -0.384. The summed E-state index contributed by atoms with van der Waals surface area (Å²) in [6, 6.07) is 15.2. The van der Waals surface area contributed by atoms with Crippen LogP contribution in [-0.2, 0) is 4.74 Å². The van der Waals surface area contributed by atoms with Crippen LogP contribution in [0.15, 0.2) is 54.6 Å². The fraction of sp³-hybridized carbons (Fsp3) is 0.150. The van der Waals surface area contributed by atoms with Gasteiger partial charge in [-0.2, -0.15) is 0 Å². The van der Waals surface area contributed by atoms with Gasteiger partial charge >= 0.3 is 5.97 Å². The molecule has 27 heavy (non-hydrogen) atoms. The van der Waals surface area contributed by atoms with E-state index >= 15 is 0 Å². The predicted molar refractivity (Wildman–Crippen MR) is 104 cm³/mol. The number of nitro groups is 1. The van der Waals surface area contributed by atoms with E-state index in [1.54, 1.807) is 31.2 Å². The largest absolute Gasteiger partial charge is 0.462 e. The van der Waals surface area contributed by atoms with Crippen LogP contribution in [0.2, 0.25) is 5.02 Å². The molecule has 138 valence electrons. The van der Waals surface area contributed by atoms with E-state index in [1.807, 2.05) is 29.7 Å². The molecule has 0 N–H and O–H groups in total. The second kappa shape index (κ2) is 7.63. The molecule has 0 atom stereocenters. The van der Waals surface area contributed by atoms with Crippen molar-refractivity contribution in [3.63, 3.8) is 0 Å². The van der Waals surface area contributed by atoms with Gasteiger partial charge in [-0.3, -0.25) is 10.1 Å². The number of benzene rings is 2. The van der Waals surface area contributed by atoms with Crippen LogP contribution in [0.5, 0.6) is 0 Å². The summed E-state index contributed by atoms with van der Waals surface area (Å²) in [5.74, 6) is -0.427. The summed E-state index contributed by atoms with van der Waals surface area (Å²) in [7, 11) is 0. The lowest BCUT2D eigenvalue weighted by Crippen LogP contribution is -2.07. The smallest absolute Gasteiger partial charge is 0.339 e. The monoisotopic (exact) mass is 384 g/mol. The summed E-state index contributed by atoms with van der Waals surface area (Å²) in [6.07, 6.45) is 0. The molecule has 3 rings (SSSR count). The Hall–Kier alpha value is -3.12. The highest BCUT2D eigenvalue weighted by Gasteiger charge is 2.21. The van der Waals surface area contributed by atoms with Crippen molar-refractivity contribution in [2.45, 2.75) is 13.8 Å². The van der Waals surface area contributed by atoms with Crippen LogP contribution in [0.4, 0.5) is 5.69 Å². The molecule has 0 aliphatic heterocycles. The van der Waals surface area contributed by atoms with E-state index in [2.05, 4.69) is 0 Å². The van der Waals surface area contributed by atoms with E-state index in [0.29, 0.717) is 27.7 Å². The van der Waals surface area contributed by atoms with E-state index < -0.39 is 10.9 Å². The molecule has 0 radical (unpaired) electrons. The zero-order valence-corrected chi connectivity index (χ0v) is 15.6. The highest BCUT2D eigenvalue weighted by Crippen LogP contribution is 2.33. The van der Waals surface area contributed by atoms with Gasteiger partial charge in [0.05, 0.1) is 33.5 Å². The highest BCUT2D eigenvalue weighted by atomic mass is 35.5. The third-order valence-electron chi connectivity index (χ3n) is 4.21. The Morgan fingerprint density at radius 1 is 1.19 bits per heavy atom. The Kier molecular flexibility index (Phi) is 5.28. The van der Waals surface area contributed by atoms with Gasteiger partial charge in [0.1, 0.15) is 0 Å². The van der Waals surface area contributed by atoms with Crippen LogP contribution in [0, 0.1) is 17.0 Å². The van der Waals surface area contributed by atoms with Crippen molar-refractivity contribution < 1.29 is 14.5 Å². The number of nitrogens with zero attached hydrogens (tertiary/aromatic N) is 2. The molecule has 0 aliphatic carbocycles. The summed E-state index contributed by atoms with van der Waals surface area (Å²) in [5.41, 5.74) is 3.22. The standard InChI is InChI=1S/C20H17ClN2O4/c1-3-27-20(24)16-12-19(14-8-10-15(11-9-14)23(25)26)22(13(16)2)18-7-5-4-6-17(18)21/h4-12H,3H2,1-2H3. The molecule has 0 aliphatic rings. The number of aromatic nitrogens is 1. The molecule has 0 fully saturated rings. The minimum absolute atomic E-state index is 0.00284. The molecular weight excluding hydrogens is 368 g/mol. The van der Waals surface area contributed by atoms with Gasteiger partial charge < -0.3 is 9.30 Å². The van der Waals surface area contributed by atoms with Crippen LogP contribution < -0.4 is 0 Å². The van der Waals surface area contributed by atoms with Crippen molar-refractivity contribution in [1.29, 1.82) is 0 Å². The first-order valence-corrected chi connectivity index (χ1v) is 8.71. The lowest BCUT2D eigenvalue weighted by Gasteiger charge is -2.14. The molecular formula is C20H17ClN2O4. The minimum Gasteiger partial charge on any atom is -0.462 e. The third kappa shape index (κ3) is 3.57. The average Bonchev–Trinajstić information content (AvgIpc) is 2.99. The zero-order valence-electron chi connectivity index (χ0n) is 14.8. The van der Waals surface area contributed by atoms with E-state index in [9.17, 15) is 14.9 Å². The minimum atomic E-state index is -0.452. The first-order chi connectivity index (χ1) is 12.9. The fourth-order valence-electron chi connectivity index (χ4n) is 2.93. The number of para-hydroxylation sites is 1. The molecule has 1 heterocycles. The van der Waals surface area contributed by atoms with Gasteiger partial charge in [0, 0.05) is 17.8 Å². The molecule has 0 amide bonds. The molecule has 0 bridgehead atoms. The van der Waals surface area contributed by atoms with Gasteiger partial charge in [-0.05, 0) is 49.7 Å². The van der Waals surface area contributed by atoms with E-state index in [1.165, 1.54) is 12.1 Å². The van der Waals surface area contributed by atoms with Gasteiger partial charge in [-0.15, -0.1) is 0 Å².